The lowest BCUT2D eigenvalue weighted by Crippen LogP contribution is -2.40. The summed E-state index contributed by atoms with van der Waals surface area (Å²) in [4.78, 5) is 10.8. The molecule has 0 radical (unpaired) electrons. The number of nitrogens with one attached hydrogen (secondary N) is 1. The van der Waals surface area contributed by atoms with Crippen LogP contribution >= 0.6 is 0 Å². The van der Waals surface area contributed by atoms with Gasteiger partial charge in [-0.05, 0) is 43.4 Å². The van der Waals surface area contributed by atoms with Crippen molar-refractivity contribution in [1.29, 1.82) is 0 Å². The molecule has 2 N–H and O–H groups in total. The minimum atomic E-state index is -3.52. The normalized spacial score (nSPS) is 17.4. The standard InChI is InChI=1S/C14H19NO4S/c1-10(12-3-2-4-12)15-20(18,19)13-7-5-11(6-8-13)9-14(16)17/h5-8,10,12,15H,2-4,9H2,1H3,(H,16,17). The van der Waals surface area contributed by atoms with Crippen molar-refractivity contribution in [2.45, 2.75) is 43.5 Å². The zero-order valence-corrected chi connectivity index (χ0v) is 12.2. The molecule has 1 aliphatic rings. The molecule has 1 saturated carbocycles. The van der Waals surface area contributed by atoms with E-state index < -0.39 is 16.0 Å². The van der Waals surface area contributed by atoms with Crippen LogP contribution in [0.1, 0.15) is 31.7 Å². The molecule has 1 atom stereocenters. The van der Waals surface area contributed by atoms with Gasteiger partial charge in [0.05, 0.1) is 11.3 Å². The summed E-state index contributed by atoms with van der Waals surface area (Å²) in [6, 6.07) is 5.92. The molecule has 6 heteroatoms. The van der Waals surface area contributed by atoms with Crippen LogP contribution < -0.4 is 4.72 Å². The molecule has 1 fully saturated rings. The Kier molecular flexibility index (Phi) is 4.45. The predicted molar refractivity (Wildman–Crippen MR) is 74.9 cm³/mol. The Balaban J connectivity index is 2.06. The van der Waals surface area contributed by atoms with Crippen LogP contribution in [-0.4, -0.2) is 25.5 Å². The number of aliphatic carboxylic acids is 1. The third kappa shape index (κ3) is 3.58. The van der Waals surface area contributed by atoms with E-state index in [1.165, 1.54) is 30.7 Å². The zero-order chi connectivity index (χ0) is 14.8. The van der Waals surface area contributed by atoms with Crippen LogP contribution in [0.2, 0.25) is 0 Å². The van der Waals surface area contributed by atoms with Gasteiger partial charge >= 0.3 is 5.97 Å². The Hall–Kier alpha value is -1.40. The van der Waals surface area contributed by atoms with Crippen LogP contribution in [0.5, 0.6) is 0 Å². The number of carboxylic acids is 1. The van der Waals surface area contributed by atoms with E-state index in [9.17, 15) is 13.2 Å². The predicted octanol–water partition coefficient (Wildman–Crippen LogP) is 1.78. The molecule has 2 rings (SSSR count). The van der Waals surface area contributed by atoms with Crippen LogP contribution in [0, 0.1) is 5.92 Å². The number of carbonyl (C=O) groups is 1. The molecule has 0 spiro atoms. The van der Waals surface area contributed by atoms with Crippen LogP contribution in [0.4, 0.5) is 0 Å². The maximum atomic E-state index is 12.2. The van der Waals surface area contributed by atoms with Gasteiger partial charge in [-0.25, -0.2) is 13.1 Å². The summed E-state index contributed by atoms with van der Waals surface area (Å²) in [5.41, 5.74) is 0.587. The van der Waals surface area contributed by atoms with Crippen molar-refractivity contribution in [3.8, 4) is 0 Å². The quantitative estimate of drug-likeness (QED) is 0.838. The van der Waals surface area contributed by atoms with Gasteiger partial charge in [0.25, 0.3) is 0 Å². The van der Waals surface area contributed by atoms with E-state index >= 15 is 0 Å². The van der Waals surface area contributed by atoms with E-state index in [0.717, 1.165) is 12.8 Å². The number of rotatable bonds is 6. The van der Waals surface area contributed by atoms with Crippen LogP contribution in [-0.2, 0) is 21.2 Å². The molecule has 0 amide bonds. The fraction of sp³-hybridized carbons (Fsp3) is 0.500. The highest BCUT2D eigenvalue weighted by atomic mass is 32.2. The molecule has 1 unspecified atom stereocenters. The lowest BCUT2D eigenvalue weighted by Gasteiger charge is -2.31. The highest BCUT2D eigenvalue weighted by Crippen LogP contribution is 2.30. The van der Waals surface area contributed by atoms with E-state index in [0.29, 0.717) is 11.5 Å². The van der Waals surface area contributed by atoms with Crippen molar-refractivity contribution in [2.75, 3.05) is 0 Å². The Morgan fingerprint density at radius 1 is 1.35 bits per heavy atom. The Morgan fingerprint density at radius 3 is 2.40 bits per heavy atom. The van der Waals surface area contributed by atoms with Gasteiger partial charge in [-0.3, -0.25) is 4.79 Å². The summed E-state index contributed by atoms with van der Waals surface area (Å²) >= 11 is 0. The molecule has 0 bridgehead atoms. The number of carboxylic acid groups (broad SMARTS) is 1. The molecule has 0 saturated heterocycles. The van der Waals surface area contributed by atoms with Crippen LogP contribution in [0.15, 0.2) is 29.2 Å². The molecule has 0 aliphatic heterocycles. The van der Waals surface area contributed by atoms with E-state index in [4.69, 9.17) is 5.11 Å². The molecular weight excluding hydrogens is 278 g/mol. The average molecular weight is 297 g/mol. The molecule has 5 nitrogen and oxygen atoms in total. The van der Waals surface area contributed by atoms with Crippen molar-refractivity contribution in [2.24, 2.45) is 5.92 Å². The largest absolute Gasteiger partial charge is 0.481 e. The van der Waals surface area contributed by atoms with E-state index in [1.807, 2.05) is 6.92 Å². The second-order valence-electron chi connectivity index (χ2n) is 5.32. The maximum absolute atomic E-state index is 12.2. The summed E-state index contributed by atoms with van der Waals surface area (Å²) in [5.74, 6) is -0.506. The van der Waals surface area contributed by atoms with Gasteiger partial charge in [-0.15, -0.1) is 0 Å². The number of sulfonamides is 1. The molecule has 1 aromatic rings. The molecule has 1 aromatic carbocycles. The zero-order valence-electron chi connectivity index (χ0n) is 11.4. The molecule has 0 heterocycles. The van der Waals surface area contributed by atoms with Gasteiger partial charge in [-0.1, -0.05) is 18.6 Å². The monoisotopic (exact) mass is 297 g/mol. The third-order valence-electron chi connectivity index (χ3n) is 3.79. The maximum Gasteiger partial charge on any atom is 0.307 e. The van der Waals surface area contributed by atoms with Gasteiger partial charge in [0.2, 0.25) is 10.0 Å². The Bertz CT molecular complexity index is 576. The molecule has 110 valence electrons. The van der Waals surface area contributed by atoms with Gasteiger partial charge in [0, 0.05) is 6.04 Å². The fourth-order valence-corrected chi connectivity index (χ4v) is 3.62. The summed E-state index contributed by atoms with van der Waals surface area (Å²) in [5, 5.41) is 8.68. The van der Waals surface area contributed by atoms with Crippen molar-refractivity contribution in [1.82, 2.24) is 4.72 Å². The van der Waals surface area contributed by atoms with E-state index in [2.05, 4.69) is 4.72 Å². The first-order chi connectivity index (χ1) is 9.38. The van der Waals surface area contributed by atoms with Crippen LogP contribution in [0.3, 0.4) is 0 Å². The lowest BCUT2D eigenvalue weighted by molar-refractivity contribution is -0.136. The van der Waals surface area contributed by atoms with E-state index in [1.54, 1.807) is 0 Å². The highest BCUT2D eigenvalue weighted by Gasteiger charge is 2.27. The number of benzene rings is 1. The Morgan fingerprint density at radius 2 is 1.95 bits per heavy atom. The summed E-state index contributed by atoms with van der Waals surface area (Å²) in [7, 11) is -3.52. The Labute approximate surface area is 119 Å². The van der Waals surface area contributed by atoms with Gasteiger partial charge in [-0.2, -0.15) is 0 Å². The van der Waals surface area contributed by atoms with Crippen molar-refractivity contribution in [3.63, 3.8) is 0 Å². The van der Waals surface area contributed by atoms with Crippen molar-refractivity contribution in [3.05, 3.63) is 29.8 Å². The molecule has 1 aliphatic carbocycles. The first kappa shape index (κ1) is 15.0. The second kappa shape index (κ2) is 5.93. The SMILES string of the molecule is CC(NS(=O)(=O)c1ccc(CC(=O)O)cc1)C1CCC1. The average Bonchev–Trinajstić information content (AvgIpc) is 2.25. The first-order valence-corrected chi connectivity index (χ1v) is 8.20. The minimum Gasteiger partial charge on any atom is -0.481 e. The number of hydrogen-bond acceptors (Lipinski definition) is 3. The van der Waals surface area contributed by atoms with Crippen molar-refractivity contribution < 1.29 is 18.3 Å². The van der Waals surface area contributed by atoms with Gasteiger partial charge in [0.15, 0.2) is 0 Å². The summed E-state index contributed by atoms with van der Waals surface area (Å²) in [6.45, 7) is 1.89. The van der Waals surface area contributed by atoms with Crippen LogP contribution in [0.25, 0.3) is 0 Å². The van der Waals surface area contributed by atoms with Crippen molar-refractivity contribution >= 4 is 16.0 Å². The molecule has 0 aromatic heterocycles. The highest BCUT2D eigenvalue weighted by molar-refractivity contribution is 7.89. The smallest absolute Gasteiger partial charge is 0.307 e. The molecular formula is C14H19NO4S. The third-order valence-corrected chi connectivity index (χ3v) is 5.36. The minimum absolute atomic E-state index is 0.0625. The lowest BCUT2D eigenvalue weighted by atomic mass is 9.81. The second-order valence-corrected chi connectivity index (χ2v) is 7.03. The van der Waals surface area contributed by atoms with Gasteiger partial charge < -0.3 is 5.11 Å². The number of hydrogen-bond donors (Lipinski definition) is 2. The first-order valence-electron chi connectivity index (χ1n) is 6.71. The van der Waals surface area contributed by atoms with Gasteiger partial charge in [0.1, 0.15) is 0 Å². The fourth-order valence-electron chi connectivity index (χ4n) is 2.31. The van der Waals surface area contributed by atoms with E-state index in [-0.39, 0.29) is 17.4 Å². The topological polar surface area (TPSA) is 83.5 Å². The summed E-state index contributed by atoms with van der Waals surface area (Å²) < 4.78 is 27.1. The molecule has 20 heavy (non-hydrogen) atoms. The summed E-state index contributed by atoms with van der Waals surface area (Å²) in [6.07, 6.45) is 3.20.